The maximum atomic E-state index is 12.3. The minimum atomic E-state index is -0.501. The molecule has 27 heavy (non-hydrogen) atoms. The molecule has 0 aliphatic carbocycles. The molecule has 0 saturated heterocycles. The predicted molar refractivity (Wildman–Crippen MR) is 105 cm³/mol. The van der Waals surface area contributed by atoms with Crippen molar-refractivity contribution in [3.63, 3.8) is 0 Å². The van der Waals surface area contributed by atoms with E-state index in [4.69, 9.17) is 21.1 Å². The molecule has 1 heterocycles. The van der Waals surface area contributed by atoms with Gasteiger partial charge in [-0.15, -0.1) is 0 Å². The zero-order valence-electron chi connectivity index (χ0n) is 15.4. The Kier molecular flexibility index (Phi) is 5.71. The summed E-state index contributed by atoms with van der Waals surface area (Å²) in [6.45, 7) is 4.20. The van der Waals surface area contributed by atoms with Crippen LogP contribution in [0.15, 0.2) is 42.5 Å². The number of carbonyl (C=O) groups excluding carboxylic acids is 2. The number of carbonyl (C=O) groups is 2. The maximum Gasteiger partial charge on any atom is 0.224 e. The molecule has 1 amide bonds. The topological polar surface area (TPSA) is 64.6 Å². The second-order valence-electron chi connectivity index (χ2n) is 7.13. The van der Waals surface area contributed by atoms with Crippen molar-refractivity contribution in [2.75, 3.05) is 11.9 Å². The van der Waals surface area contributed by atoms with E-state index in [9.17, 15) is 9.59 Å². The Morgan fingerprint density at radius 3 is 2.70 bits per heavy atom. The summed E-state index contributed by atoms with van der Waals surface area (Å²) in [6.07, 6.45) is 1.22. The molecule has 0 spiro atoms. The number of benzene rings is 2. The zero-order chi connectivity index (χ0) is 19.4. The van der Waals surface area contributed by atoms with Crippen LogP contribution in [-0.2, 0) is 4.79 Å². The number of ketones is 1. The van der Waals surface area contributed by atoms with Crippen LogP contribution >= 0.6 is 11.6 Å². The molecule has 0 saturated carbocycles. The van der Waals surface area contributed by atoms with Gasteiger partial charge in [0.2, 0.25) is 5.91 Å². The van der Waals surface area contributed by atoms with Crippen LogP contribution < -0.4 is 14.8 Å². The Balaban J connectivity index is 1.49. The van der Waals surface area contributed by atoms with Crippen molar-refractivity contribution in [3.8, 4) is 11.5 Å². The van der Waals surface area contributed by atoms with E-state index in [-0.39, 0.29) is 11.7 Å². The molecule has 0 atom stereocenters. The van der Waals surface area contributed by atoms with Gasteiger partial charge < -0.3 is 14.8 Å². The Bertz CT molecular complexity index is 846. The molecule has 1 aliphatic rings. The van der Waals surface area contributed by atoms with Crippen LogP contribution in [0.1, 0.15) is 43.5 Å². The van der Waals surface area contributed by atoms with Gasteiger partial charge >= 0.3 is 0 Å². The molecule has 0 bridgehead atoms. The van der Waals surface area contributed by atoms with Gasteiger partial charge in [0.1, 0.15) is 17.1 Å². The fraction of sp³-hybridized carbons (Fsp3) is 0.333. The number of rotatable bonds is 6. The summed E-state index contributed by atoms with van der Waals surface area (Å²) >= 11 is 5.82. The number of halogens is 1. The van der Waals surface area contributed by atoms with Gasteiger partial charge in [0.25, 0.3) is 0 Å². The first-order valence-corrected chi connectivity index (χ1v) is 9.25. The largest absolute Gasteiger partial charge is 0.494 e. The highest BCUT2D eigenvalue weighted by Gasteiger charge is 2.32. The smallest absolute Gasteiger partial charge is 0.224 e. The molecule has 5 nitrogen and oxygen atoms in total. The lowest BCUT2D eigenvalue weighted by Crippen LogP contribution is -2.35. The third-order valence-electron chi connectivity index (χ3n) is 4.17. The van der Waals surface area contributed by atoms with Crippen LogP contribution in [0.5, 0.6) is 11.5 Å². The number of anilines is 1. The highest BCUT2D eigenvalue weighted by molar-refractivity contribution is 6.30. The number of hydrogen-bond donors (Lipinski definition) is 1. The third-order valence-corrected chi connectivity index (χ3v) is 4.42. The summed E-state index contributed by atoms with van der Waals surface area (Å²) < 4.78 is 11.4. The minimum absolute atomic E-state index is 0.0220. The summed E-state index contributed by atoms with van der Waals surface area (Å²) in [5, 5.41) is 3.47. The zero-order valence-corrected chi connectivity index (χ0v) is 16.1. The van der Waals surface area contributed by atoms with Crippen LogP contribution in [0, 0.1) is 0 Å². The first-order chi connectivity index (χ1) is 12.8. The molecule has 2 aromatic carbocycles. The molecular formula is C21H22ClNO4. The van der Waals surface area contributed by atoms with E-state index in [1.807, 2.05) is 13.8 Å². The Morgan fingerprint density at radius 2 is 1.96 bits per heavy atom. The molecule has 0 unspecified atom stereocenters. The van der Waals surface area contributed by atoms with Crippen LogP contribution in [0.25, 0.3) is 0 Å². The number of fused-ring (bicyclic) bond motifs is 1. The molecule has 0 aromatic heterocycles. The minimum Gasteiger partial charge on any atom is -0.494 e. The molecule has 1 aliphatic heterocycles. The highest BCUT2D eigenvalue weighted by atomic mass is 35.5. The van der Waals surface area contributed by atoms with Gasteiger partial charge in [-0.25, -0.2) is 0 Å². The summed E-state index contributed by atoms with van der Waals surface area (Å²) in [4.78, 5) is 24.4. The monoisotopic (exact) mass is 387 g/mol. The molecule has 0 fully saturated rings. The van der Waals surface area contributed by atoms with E-state index in [2.05, 4.69) is 5.32 Å². The highest BCUT2D eigenvalue weighted by Crippen LogP contribution is 2.34. The third kappa shape index (κ3) is 5.23. The van der Waals surface area contributed by atoms with E-state index in [0.717, 1.165) is 5.75 Å². The summed E-state index contributed by atoms with van der Waals surface area (Å²) in [5.41, 5.74) is 0.603. The van der Waals surface area contributed by atoms with E-state index in [1.165, 1.54) is 0 Å². The quantitative estimate of drug-likeness (QED) is 0.717. The second-order valence-corrected chi connectivity index (χ2v) is 7.56. The number of ether oxygens (including phenoxy) is 2. The number of Topliss-reactive ketones (excluding diaryl/α,β-unsaturated/α-hetero) is 1. The lowest BCUT2D eigenvalue weighted by Gasteiger charge is -2.31. The standard InChI is InChI=1S/C21H22ClNO4/c1-21(2)13-18(24)17-12-15(7-10-19(17)27-21)23-20(25)4-3-11-26-16-8-5-14(22)6-9-16/h5-10,12H,3-4,11,13H2,1-2H3,(H,23,25). The van der Waals surface area contributed by atoms with E-state index in [0.29, 0.717) is 47.9 Å². The van der Waals surface area contributed by atoms with E-state index >= 15 is 0 Å². The van der Waals surface area contributed by atoms with Gasteiger partial charge in [0.15, 0.2) is 5.78 Å². The van der Waals surface area contributed by atoms with Crippen molar-refractivity contribution < 1.29 is 19.1 Å². The van der Waals surface area contributed by atoms with E-state index < -0.39 is 5.60 Å². The van der Waals surface area contributed by atoms with Crippen molar-refractivity contribution >= 4 is 29.0 Å². The molecule has 3 rings (SSSR count). The average Bonchev–Trinajstić information content (AvgIpc) is 2.60. The van der Waals surface area contributed by atoms with Crippen LogP contribution in [0.4, 0.5) is 5.69 Å². The number of nitrogens with one attached hydrogen (secondary N) is 1. The number of hydrogen-bond acceptors (Lipinski definition) is 4. The summed E-state index contributed by atoms with van der Waals surface area (Å²) in [6, 6.07) is 12.2. The predicted octanol–water partition coefficient (Wildman–Crippen LogP) is 4.88. The molecular weight excluding hydrogens is 366 g/mol. The molecule has 142 valence electrons. The van der Waals surface area contributed by atoms with Gasteiger partial charge in [-0.1, -0.05) is 11.6 Å². The average molecular weight is 388 g/mol. The van der Waals surface area contributed by atoms with Crippen LogP contribution in [0.2, 0.25) is 5.02 Å². The van der Waals surface area contributed by atoms with Gasteiger partial charge in [-0.2, -0.15) is 0 Å². The lowest BCUT2D eigenvalue weighted by atomic mass is 9.93. The molecule has 2 aromatic rings. The Labute approximate surface area is 163 Å². The van der Waals surface area contributed by atoms with E-state index in [1.54, 1.807) is 42.5 Å². The van der Waals surface area contributed by atoms with Crippen LogP contribution in [-0.4, -0.2) is 23.9 Å². The lowest BCUT2D eigenvalue weighted by molar-refractivity contribution is -0.116. The SMILES string of the molecule is CC1(C)CC(=O)c2cc(NC(=O)CCCOc3ccc(Cl)cc3)ccc2O1. The second kappa shape index (κ2) is 8.01. The normalized spacial score (nSPS) is 14.9. The Morgan fingerprint density at radius 1 is 1.22 bits per heavy atom. The molecule has 6 heteroatoms. The molecule has 0 radical (unpaired) electrons. The summed E-state index contributed by atoms with van der Waals surface area (Å²) in [5.74, 6) is 1.18. The first-order valence-electron chi connectivity index (χ1n) is 8.87. The summed E-state index contributed by atoms with van der Waals surface area (Å²) in [7, 11) is 0. The van der Waals surface area contributed by atoms with Crippen molar-refractivity contribution in [3.05, 3.63) is 53.1 Å². The van der Waals surface area contributed by atoms with Crippen molar-refractivity contribution in [2.24, 2.45) is 0 Å². The fourth-order valence-electron chi connectivity index (χ4n) is 2.91. The molecule has 1 N–H and O–H groups in total. The van der Waals surface area contributed by atoms with Gasteiger partial charge in [0.05, 0.1) is 18.6 Å². The number of amides is 1. The maximum absolute atomic E-state index is 12.3. The van der Waals surface area contributed by atoms with Crippen LogP contribution in [0.3, 0.4) is 0 Å². The van der Waals surface area contributed by atoms with Gasteiger partial charge in [-0.05, 0) is 62.7 Å². The van der Waals surface area contributed by atoms with Crippen molar-refractivity contribution in [1.82, 2.24) is 0 Å². The van der Waals surface area contributed by atoms with Gasteiger partial charge in [-0.3, -0.25) is 9.59 Å². The fourth-order valence-corrected chi connectivity index (χ4v) is 3.03. The van der Waals surface area contributed by atoms with Crippen molar-refractivity contribution in [1.29, 1.82) is 0 Å². The first kappa shape index (κ1) is 19.2. The van der Waals surface area contributed by atoms with Crippen molar-refractivity contribution in [2.45, 2.75) is 38.7 Å². The Hall–Kier alpha value is -2.53. The van der Waals surface area contributed by atoms with Gasteiger partial charge in [0, 0.05) is 17.1 Å².